The first kappa shape index (κ1) is 15.3. The molecular formula is C17H19N3O3. The molecule has 1 aliphatic rings. The maximum atomic E-state index is 12.5. The molecule has 1 atom stereocenters. The number of carboxylic acid groups (broad SMARTS) is 1. The molecule has 0 aliphatic carbocycles. The Morgan fingerprint density at radius 3 is 2.70 bits per heavy atom. The van der Waals surface area contributed by atoms with E-state index in [9.17, 15) is 14.7 Å². The first-order valence-corrected chi connectivity index (χ1v) is 7.57. The number of nitrogens with zero attached hydrogens (tertiary/aromatic N) is 3. The molecule has 1 N–H and O–H groups in total. The van der Waals surface area contributed by atoms with Gasteiger partial charge in [0.2, 0.25) is 0 Å². The molecule has 1 fully saturated rings. The molecule has 6 nitrogen and oxygen atoms in total. The van der Waals surface area contributed by atoms with E-state index in [1.165, 1.54) is 0 Å². The SMILES string of the molecule is C[C@@]1(C(=O)O)CCN(C(=O)c2cnn(Cc3ccccc3)c2)C1. The molecule has 120 valence electrons. The molecule has 23 heavy (non-hydrogen) atoms. The molecule has 1 aromatic heterocycles. The Bertz CT molecular complexity index is 726. The highest BCUT2D eigenvalue weighted by Crippen LogP contribution is 2.30. The molecule has 0 radical (unpaired) electrons. The number of aliphatic carboxylic acids is 1. The molecular weight excluding hydrogens is 294 g/mol. The van der Waals surface area contributed by atoms with Crippen molar-refractivity contribution >= 4 is 11.9 Å². The lowest BCUT2D eigenvalue weighted by Gasteiger charge is -2.19. The molecule has 2 aromatic rings. The summed E-state index contributed by atoms with van der Waals surface area (Å²) in [6.45, 7) is 2.99. The Hall–Kier alpha value is -2.63. The van der Waals surface area contributed by atoms with Gasteiger partial charge in [-0.25, -0.2) is 0 Å². The molecule has 0 spiro atoms. The van der Waals surface area contributed by atoms with Gasteiger partial charge in [0.05, 0.1) is 23.7 Å². The fraction of sp³-hybridized carbons (Fsp3) is 0.353. The monoisotopic (exact) mass is 313 g/mol. The third-order valence-electron chi connectivity index (χ3n) is 4.34. The highest BCUT2D eigenvalue weighted by molar-refractivity contribution is 5.94. The number of amides is 1. The van der Waals surface area contributed by atoms with Crippen molar-refractivity contribution < 1.29 is 14.7 Å². The zero-order chi connectivity index (χ0) is 16.4. The highest BCUT2D eigenvalue weighted by atomic mass is 16.4. The first-order chi connectivity index (χ1) is 11.0. The first-order valence-electron chi connectivity index (χ1n) is 7.57. The van der Waals surface area contributed by atoms with Crippen LogP contribution in [0.2, 0.25) is 0 Å². The van der Waals surface area contributed by atoms with Gasteiger partial charge in [0.25, 0.3) is 5.91 Å². The number of hydrogen-bond acceptors (Lipinski definition) is 3. The summed E-state index contributed by atoms with van der Waals surface area (Å²) in [5.41, 5.74) is 0.750. The van der Waals surface area contributed by atoms with Gasteiger partial charge in [-0.3, -0.25) is 14.3 Å². The number of rotatable bonds is 4. The molecule has 1 saturated heterocycles. The standard InChI is InChI=1S/C17H19N3O3/c1-17(16(22)23)7-8-19(12-17)15(21)14-9-18-20(11-14)10-13-5-3-2-4-6-13/h2-6,9,11H,7-8,10,12H2,1H3,(H,22,23)/t17-/m1/s1. The van der Waals surface area contributed by atoms with Crippen LogP contribution in [0.15, 0.2) is 42.7 Å². The minimum absolute atomic E-state index is 0.158. The lowest BCUT2D eigenvalue weighted by atomic mass is 9.90. The summed E-state index contributed by atoms with van der Waals surface area (Å²) in [5.74, 6) is -1.01. The van der Waals surface area contributed by atoms with Crippen molar-refractivity contribution in [1.82, 2.24) is 14.7 Å². The predicted octanol–water partition coefficient (Wildman–Crippen LogP) is 1.87. The van der Waals surface area contributed by atoms with Crippen LogP contribution in [0.4, 0.5) is 0 Å². The summed E-state index contributed by atoms with van der Waals surface area (Å²) >= 11 is 0. The summed E-state index contributed by atoms with van der Waals surface area (Å²) in [6, 6.07) is 9.88. The van der Waals surface area contributed by atoms with Crippen LogP contribution in [0.1, 0.15) is 29.3 Å². The average Bonchev–Trinajstić information content (AvgIpc) is 3.15. The maximum absolute atomic E-state index is 12.5. The van der Waals surface area contributed by atoms with E-state index in [0.29, 0.717) is 25.1 Å². The van der Waals surface area contributed by atoms with Crippen LogP contribution in [0, 0.1) is 5.41 Å². The van der Waals surface area contributed by atoms with Gasteiger partial charge in [0, 0.05) is 19.3 Å². The van der Waals surface area contributed by atoms with Crippen LogP contribution in [-0.2, 0) is 11.3 Å². The van der Waals surface area contributed by atoms with Gasteiger partial charge < -0.3 is 10.0 Å². The Morgan fingerprint density at radius 1 is 1.30 bits per heavy atom. The van der Waals surface area contributed by atoms with Crippen LogP contribution < -0.4 is 0 Å². The second kappa shape index (κ2) is 5.87. The minimum Gasteiger partial charge on any atom is -0.481 e. The summed E-state index contributed by atoms with van der Waals surface area (Å²) in [4.78, 5) is 25.4. The fourth-order valence-electron chi connectivity index (χ4n) is 2.82. The van der Waals surface area contributed by atoms with Gasteiger partial charge >= 0.3 is 5.97 Å². The van der Waals surface area contributed by atoms with Crippen molar-refractivity contribution in [3.05, 3.63) is 53.9 Å². The zero-order valence-corrected chi connectivity index (χ0v) is 13.0. The van der Waals surface area contributed by atoms with Crippen molar-refractivity contribution in [2.75, 3.05) is 13.1 Å². The van der Waals surface area contributed by atoms with Crippen LogP contribution >= 0.6 is 0 Å². The smallest absolute Gasteiger partial charge is 0.311 e. The molecule has 0 saturated carbocycles. The summed E-state index contributed by atoms with van der Waals surface area (Å²) in [7, 11) is 0. The number of carboxylic acids is 1. The van der Waals surface area contributed by atoms with E-state index in [4.69, 9.17) is 0 Å². The molecule has 1 amide bonds. The van der Waals surface area contributed by atoms with E-state index in [0.717, 1.165) is 5.56 Å². The third-order valence-corrected chi connectivity index (χ3v) is 4.34. The maximum Gasteiger partial charge on any atom is 0.311 e. The molecule has 1 aromatic carbocycles. The number of likely N-dealkylation sites (tertiary alicyclic amines) is 1. The van der Waals surface area contributed by atoms with E-state index < -0.39 is 11.4 Å². The second-order valence-electron chi connectivity index (χ2n) is 6.25. The van der Waals surface area contributed by atoms with Crippen molar-refractivity contribution in [2.24, 2.45) is 5.41 Å². The topological polar surface area (TPSA) is 75.4 Å². The van der Waals surface area contributed by atoms with E-state index in [1.54, 1.807) is 28.9 Å². The van der Waals surface area contributed by atoms with Crippen molar-refractivity contribution in [3.8, 4) is 0 Å². The van der Waals surface area contributed by atoms with Crippen LogP contribution in [0.25, 0.3) is 0 Å². The lowest BCUT2D eigenvalue weighted by Crippen LogP contribution is -2.34. The van der Waals surface area contributed by atoms with Gasteiger partial charge in [-0.15, -0.1) is 0 Å². The van der Waals surface area contributed by atoms with Crippen molar-refractivity contribution in [2.45, 2.75) is 19.9 Å². The Balaban J connectivity index is 1.69. The summed E-state index contributed by atoms with van der Waals surface area (Å²) < 4.78 is 1.72. The van der Waals surface area contributed by atoms with E-state index in [-0.39, 0.29) is 12.5 Å². The minimum atomic E-state index is -0.854. The van der Waals surface area contributed by atoms with Crippen molar-refractivity contribution in [3.63, 3.8) is 0 Å². The molecule has 1 aliphatic heterocycles. The fourth-order valence-corrected chi connectivity index (χ4v) is 2.82. The van der Waals surface area contributed by atoms with Gasteiger partial charge in [0.15, 0.2) is 0 Å². The average molecular weight is 313 g/mol. The lowest BCUT2D eigenvalue weighted by molar-refractivity contribution is -0.147. The van der Waals surface area contributed by atoms with E-state index in [2.05, 4.69) is 5.10 Å². The molecule has 6 heteroatoms. The number of carbonyl (C=O) groups is 2. The van der Waals surface area contributed by atoms with E-state index >= 15 is 0 Å². The normalized spacial score (nSPS) is 20.7. The largest absolute Gasteiger partial charge is 0.481 e. The summed E-state index contributed by atoms with van der Waals surface area (Å²) in [5, 5.41) is 13.5. The predicted molar refractivity (Wildman–Crippen MR) is 84.0 cm³/mol. The summed E-state index contributed by atoms with van der Waals surface area (Å²) in [6.07, 6.45) is 3.74. The highest BCUT2D eigenvalue weighted by Gasteiger charge is 2.42. The van der Waals surface area contributed by atoms with Gasteiger partial charge in [0.1, 0.15) is 0 Å². The molecule has 0 unspecified atom stereocenters. The molecule has 3 rings (SSSR count). The number of aromatic nitrogens is 2. The number of benzene rings is 1. The van der Waals surface area contributed by atoms with Crippen LogP contribution in [-0.4, -0.2) is 44.8 Å². The van der Waals surface area contributed by atoms with Gasteiger partial charge in [-0.2, -0.15) is 5.10 Å². The van der Waals surface area contributed by atoms with Gasteiger partial charge in [-0.1, -0.05) is 30.3 Å². The Kier molecular flexibility index (Phi) is 3.90. The molecule has 0 bridgehead atoms. The Labute approximate surface area is 134 Å². The van der Waals surface area contributed by atoms with Crippen LogP contribution in [0.5, 0.6) is 0 Å². The van der Waals surface area contributed by atoms with Crippen molar-refractivity contribution in [1.29, 1.82) is 0 Å². The van der Waals surface area contributed by atoms with Gasteiger partial charge in [-0.05, 0) is 18.9 Å². The Morgan fingerprint density at radius 2 is 2.04 bits per heavy atom. The van der Waals surface area contributed by atoms with Crippen LogP contribution in [0.3, 0.4) is 0 Å². The quantitative estimate of drug-likeness (QED) is 0.935. The molecule has 2 heterocycles. The van der Waals surface area contributed by atoms with E-state index in [1.807, 2.05) is 30.3 Å². The second-order valence-corrected chi connectivity index (χ2v) is 6.25. The zero-order valence-electron chi connectivity index (χ0n) is 13.0. The number of carbonyl (C=O) groups excluding carboxylic acids is 1. The third kappa shape index (κ3) is 3.11. The number of hydrogen-bond donors (Lipinski definition) is 1.